The van der Waals surface area contributed by atoms with Crippen LogP contribution < -0.4 is 19.1 Å². The molecule has 0 fully saturated rings. The van der Waals surface area contributed by atoms with Gasteiger partial charge in [0.15, 0.2) is 0 Å². The molecule has 0 radical (unpaired) electrons. The SMILES string of the molecule is CCCNC(=O)[C@@H](CC)N(Cc1ccc(OC)cc1)C(=O)CN(c1ccccc1)S(=O)(=O)c1ccc(OC)cc1. The number of benzene rings is 3. The summed E-state index contributed by atoms with van der Waals surface area (Å²) in [5.41, 5.74) is 1.11. The Hall–Kier alpha value is -4.05. The van der Waals surface area contributed by atoms with Gasteiger partial charge >= 0.3 is 0 Å². The lowest BCUT2D eigenvalue weighted by atomic mass is 10.1. The molecule has 3 aromatic carbocycles. The van der Waals surface area contributed by atoms with Crippen LogP contribution in [-0.2, 0) is 26.2 Å². The van der Waals surface area contributed by atoms with E-state index in [1.807, 2.05) is 26.0 Å². The Bertz CT molecular complexity index is 1350. The number of nitrogens with one attached hydrogen (secondary N) is 1. The third-order valence-electron chi connectivity index (χ3n) is 6.42. The smallest absolute Gasteiger partial charge is 0.264 e. The van der Waals surface area contributed by atoms with Crippen molar-refractivity contribution in [3.8, 4) is 11.5 Å². The molecule has 3 rings (SSSR count). The number of hydrogen-bond donors (Lipinski definition) is 1. The largest absolute Gasteiger partial charge is 0.497 e. The van der Waals surface area contributed by atoms with E-state index in [2.05, 4.69) is 5.32 Å². The van der Waals surface area contributed by atoms with Crippen LogP contribution in [0.25, 0.3) is 0 Å². The summed E-state index contributed by atoms with van der Waals surface area (Å²) in [5.74, 6) is 0.386. The first-order valence-corrected chi connectivity index (χ1v) is 14.6. The fourth-order valence-corrected chi connectivity index (χ4v) is 5.63. The number of sulfonamides is 1. The van der Waals surface area contributed by atoms with Crippen molar-refractivity contribution in [3.63, 3.8) is 0 Å². The van der Waals surface area contributed by atoms with Crippen LogP contribution in [0.4, 0.5) is 5.69 Å². The van der Waals surface area contributed by atoms with Gasteiger partial charge in [-0.25, -0.2) is 8.42 Å². The minimum atomic E-state index is -4.14. The van der Waals surface area contributed by atoms with E-state index in [1.165, 1.54) is 24.1 Å². The summed E-state index contributed by atoms with van der Waals surface area (Å²) in [6.07, 6.45) is 1.10. The molecular formula is C30H37N3O6S. The first kappa shape index (κ1) is 30.5. The van der Waals surface area contributed by atoms with Gasteiger partial charge in [-0.05, 0) is 66.9 Å². The molecule has 0 aliphatic rings. The van der Waals surface area contributed by atoms with Gasteiger partial charge in [0.1, 0.15) is 24.1 Å². The van der Waals surface area contributed by atoms with E-state index in [-0.39, 0.29) is 17.3 Å². The standard InChI is InChI=1S/C30H37N3O6S/c1-5-20-31-30(35)28(6-2)32(21-23-12-14-25(38-3)15-13-23)29(34)22-33(24-10-8-7-9-11-24)40(36,37)27-18-16-26(39-4)17-19-27/h7-19,28H,5-6,20-22H2,1-4H3,(H,31,35)/t28-/m1/s1. The molecule has 0 heterocycles. The summed E-state index contributed by atoms with van der Waals surface area (Å²) in [5, 5.41) is 2.88. The molecule has 40 heavy (non-hydrogen) atoms. The zero-order chi connectivity index (χ0) is 29.1. The van der Waals surface area contributed by atoms with E-state index in [0.29, 0.717) is 30.2 Å². The molecular weight excluding hydrogens is 530 g/mol. The minimum Gasteiger partial charge on any atom is -0.497 e. The number of amides is 2. The molecule has 0 aliphatic heterocycles. The maximum Gasteiger partial charge on any atom is 0.264 e. The van der Waals surface area contributed by atoms with E-state index >= 15 is 0 Å². The van der Waals surface area contributed by atoms with Crippen LogP contribution in [0.2, 0.25) is 0 Å². The highest BCUT2D eigenvalue weighted by molar-refractivity contribution is 7.92. The molecule has 0 spiro atoms. The number of para-hydroxylation sites is 1. The van der Waals surface area contributed by atoms with E-state index in [4.69, 9.17) is 9.47 Å². The van der Waals surface area contributed by atoms with Gasteiger partial charge in [-0.1, -0.05) is 44.2 Å². The Kier molecular flexibility index (Phi) is 11.0. The third-order valence-corrected chi connectivity index (χ3v) is 8.21. The Labute approximate surface area is 236 Å². The summed E-state index contributed by atoms with van der Waals surface area (Å²) in [4.78, 5) is 28.6. The van der Waals surface area contributed by atoms with E-state index < -0.39 is 28.5 Å². The van der Waals surface area contributed by atoms with Crippen molar-refractivity contribution in [2.75, 3.05) is 31.6 Å². The highest BCUT2D eigenvalue weighted by Crippen LogP contribution is 2.26. The molecule has 9 nitrogen and oxygen atoms in total. The summed E-state index contributed by atoms with van der Waals surface area (Å²) in [6.45, 7) is 3.87. The van der Waals surface area contributed by atoms with Crippen LogP contribution in [0, 0.1) is 0 Å². The van der Waals surface area contributed by atoms with Crippen molar-refractivity contribution in [1.29, 1.82) is 0 Å². The predicted octanol–water partition coefficient (Wildman–Crippen LogP) is 4.23. The molecule has 214 valence electrons. The molecule has 0 unspecified atom stereocenters. The Balaban J connectivity index is 2.01. The van der Waals surface area contributed by atoms with Crippen LogP contribution in [0.15, 0.2) is 83.8 Å². The van der Waals surface area contributed by atoms with Crippen molar-refractivity contribution < 1.29 is 27.5 Å². The number of rotatable bonds is 14. The van der Waals surface area contributed by atoms with Crippen molar-refractivity contribution in [2.24, 2.45) is 0 Å². The third kappa shape index (κ3) is 7.53. The number of methoxy groups -OCH3 is 2. The molecule has 0 saturated heterocycles. The first-order valence-electron chi connectivity index (χ1n) is 13.2. The van der Waals surface area contributed by atoms with Gasteiger partial charge in [0.25, 0.3) is 10.0 Å². The number of anilines is 1. The fourth-order valence-electron chi connectivity index (χ4n) is 4.21. The second kappa shape index (κ2) is 14.4. The zero-order valence-corrected chi connectivity index (χ0v) is 24.2. The van der Waals surface area contributed by atoms with Crippen molar-refractivity contribution in [3.05, 3.63) is 84.4 Å². The van der Waals surface area contributed by atoms with Gasteiger partial charge in [-0.15, -0.1) is 0 Å². The normalized spacial score (nSPS) is 11.8. The molecule has 0 bridgehead atoms. The lowest BCUT2D eigenvalue weighted by molar-refractivity contribution is -0.140. The summed E-state index contributed by atoms with van der Waals surface area (Å²) in [7, 11) is -1.08. The molecule has 10 heteroatoms. The zero-order valence-electron chi connectivity index (χ0n) is 23.4. The maximum atomic E-state index is 14.0. The van der Waals surface area contributed by atoms with Gasteiger partial charge in [0.2, 0.25) is 11.8 Å². The highest BCUT2D eigenvalue weighted by Gasteiger charge is 2.33. The first-order chi connectivity index (χ1) is 19.2. The Morgan fingerprint density at radius 2 is 1.43 bits per heavy atom. The molecule has 2 amide bonds. The predicted molar refractivity (Wildman–Crippen MR) is 155 cm³/mol. The van der Waals surface area contributed by atoms with Crippen LogP contribution >= 0.6 is 0 Å². The van der Waals surface area contributed by atoms with Crippen molar-refractivity contribution in [1.82, 2.24) is 10.2 Å². The molecule has 1 N–H and O–H groups in total. The number of ether oxygens (including phenoxy) is 2. The average molecular weight is 568 g/mol. The molecule has 1 atom stereocenters. The summed E-state index contributed by atoms with van der Waals surface area (Å²) < 4.78 is 39.2. The number of hydrogen-bond acceptors (Lipinski definition) is 6. The summed E-state index contributed by atoms with van der Waals surface area (Å²) >= 11 is 0. The monoisotopic (exact) mass is 567 g/mol. The second-order valence-electron chi connectivity index (χ2n) is 9.11. The minimum absolute atomic E-state index is 0.0133. The van der Waals surface area contributed by atoms with Crippen LogP contribution in [0.5, 0.6) is 11.5 Å². The second-order valence-corrected chi connectivity index (χ2v) is 11.0. The van der Waals surface area contributed by atoms with Crippen LogP contribution in [-0.4, -0.2) is 58.5 Å². The molecule has 3 aromatic rings. The lowest BCUT2D eigenvalue weighted by Crippen LogP contribution is -2.52. The topological polar surface area (TPSA) is 105 Å². The lowest BCUT2D eigenvalue weighted by Gasteiger charge is -2.33. The Morgan fingerprint density at radius 1 is 0.850 bits per heavy atom. The Morgan fingerprint density at radius 3 is 1.95 bits per heavy atom. The van der Waals surface area contributed by atoms with E-state index in [0.717, 1.165) is 16.3 Å². The quantitative estimate of drug-likeness (QED) is 0.313. The van der Waals surface area contributed by atoms with Crippen LogP contribution in [0.3, 0.4) is 0 Å². The van der Waals surface area contributed by atoms with Gasteiger partial charge in [-0.3, -0.25) is 13.9 Å². The number of carbonyl (C=O) groups is 2. The van der Waals surface area contributed by atoms with Gasteiger partial charge in [0, 0.05) is 13.1 Å². The molecule has 0 aromatic heterocycles. The maximum absolute atomic E-state index is 14.0. The summed E-state index contributed by atoms with van der Waals surface area (Å²) in [6, 6.07) is 20.8. The molecule has 0 aliphatic carbocycles. The van der Waals surface area contributed by atoms with Gasteiger partial charge < -0.3 is 19.7 Å². The number of nitrogens with zero attached hydrogens (tertiary/aromatic N) is 2. The highest BCUT2D eigenvalue weighted by atomic mass is 32.2. The van der Waals surface area contributed by atoms with Crippen molar-refractivity contribution in [2.45, 2.75) is 44.2 Å². The fraction of sp³-hybridized carbons (Fsp3) is 0.333. The van der Waals surface area contributed by atoms with E-state index in [9.17, 15) is 18.0 Å². The number of carbonyl (C=O) groups excluding carboxylic acids is 2. The van der Waals surface area contributed by atoms with Gasteiger partial charge in [0.05, 0.1) is 24.8 Å². The van der Waals surface area contributed by atoms with Crippen molar-refractivity contribution >= 4 is 27.5 Å². The molecule has 0 saturated carbocycles. The van der Waals surface area contributed by atoms with Crippen LogP contribution in [0.1, 0.15) is 32.3 Å². The average Bonchev–Trinajstić information content (AvgIpc) is 2.99. The van der Waals surface area contributed by atoms with Gasteiger partial charge in [-0.2, -0.15) is 0 Å². The van der Waals surface area contributed by atoms with E-state index in [1.54, 1.807) is 61.7 Å².